The van der Waals surface area contributed by atoms with E-state index in [0.29, 0.717) is 17.4 Å². The maximum atomic E-state index is 12.3. The number of carbonyl (C=O) groups is 1. The van der Waals surface area contributed by atoms with Crippen LogP contribution in [0.3, 0.4) is 0 Å². The third-order valence-electron chi connectivity index (χ3n) is 10.3. The van der Waals surface area contributed by atoms with Crippen LogP contribution in [0.25, 0.3) is 0 Å². The van der Waals surface area contributed by atoms with Gasteiger partial charge in [-0.15, -0.1) is 0 Å². The lowest BCUT2D eigenvalue weighted by atomic mass is 9.45. The van der Waals surface area contributed by atoms with Gasteiger partial charge in [0.2, 0.25) is 0 Å². The van der Waals surface area contributed by atoms with Crippen molar-refractivity contribution in [3.63, 3.8) is 0 Å². The van der Waals surface area contributed by atoms with Gasteiger partial charge in [0.1, 0.15) is 6.10 Å². The molecule has 4 saturated carbocycles. The number of nitrogens with one attached hydrogen (secondary N) is 1. The van der Waals surface area contributed by atoms with Crippen LogP contribution in [0.15, 0.2) is 0 Å². The molecule has 4 nitrogen and oxygen atoms in total. The number of amides is 1. The molecule has 0 heterocycles. The van der Waals surface area contributed by atoms with Gasteiger partial charge in [0.15, 0.2) is 0 Å². The SMILES string of the molecule is CCN(CC)CCNC(=O)OC1CC[C@@]2(C)C(CC[C@@H]3[C@H]2CC[C@]2(C)CCC[C@@H]32)C1. The molecule has 1 amide bonds. The molecular formula is C26H46N2O2. The molecule has 4 heteroatoms. The summed E-state index contributed by atoms with van der Waals surface area (Å²) >= 11 is 0. The Bertz CT molecular complexity index is 606. The fourth-order valence-electron chi connectivity index (χ4n) is 8.37. The molecule has 1 N–H and O–H groups in total. The first kappa shape index (κ1) is 22.4. The fraction of sp³-hybridized carbons (Fsp3) is 0.962. The Kier molecular flexibility index (Phi) is 6.73. The standard InChI is InChI=1S/C26H46N2O2/c1-5-28(6-2)17-16-27-24(29)30-20-11-15-26(4)19(18-20)9-10-21-22-8-7-13-25(22,3)14-12-23(21)26/h19-23H,5-18H2,1-4H3,(H,27,29)/t19?,20?,21-,22-,23+,25-,26-/m0/s1. The Morgan fingerprint density at radius 2 is 1.80 bits per heavy atom. The lowest BCUT2D eigenvalue weighted by Crippen LogP contribution is -2.53. The van der Waals surface area contributed by atoms with Crippen molar-refractivity contribution >= 4 is 6.09 Å². The van der Waals surface area contributed by atoms with Crippen molar-refractivity contribution in [1.29, 1.82) is 0 Å². The molecule has 2 unspecified atom stereocenters. The van der Waals surface area contributed by atoms with Gasteiger partial charge in [-0.25, -0.2) is 4.79 Å². The molecule has 4 rings (SSSR count). The summed E-state index contributed by atoms with van der Waals surface area (Å²) in [6.07, 6.45) is 13.4. The quantitative estimate of drug-likeness (QED) is 0.588. The van der Waals surface area contributed by atoms with Crippen LogP contribution < -0.4 is 5.32 Å². The summed E-state index contributed by atoms with van der Waals surface area (Å²) in [5.41, 5.74) is 1.12. The molecule has 0 spiro atoms. The Labute approximate surface area is 184 Å². The molecule has 0 saturated heterocycles. The van der Waals surface area contributed by atoms with E-state index in [0.717, 1.165) is 56.1 Å². The van der Waals surface area contributed by atoms with Gasteiger partial charge >= 0.3 is 6.09 Å². The number of likely N-dealkylation sites (N-methyl/N-ethyl adjacent to an activating group) is 1. The van der Waals surface area contributed by atoms with Gasteiger partial charge in [-0.1, -0.05) is 34.1 Å². The second-order valence-electron chi connectivity index (χ2n) is 11.5. The predicted molar refractivity (Wildman–Crippen MR) is 122 cm³/mol. The van der Waals surface area contributed by atoms with E-state index < -0.39 is 0 Å². The lowest BCUT2D eigenvalue weighted by molar-refractivity contribution is -0.121. The first-order valence-electron chi connectivity index (χ1n) is 13.1. The van der Waals surface area contributed by atoms with E-state index in [9.17, 15) is 4.79 Å². The molecule has 0 bridgehead atoms. The normalized spacial score (nSPS) is 42.9. The molecule has 4 fully saturated rings. The predicted octanol–water partition coefficient (Wildman–Crippen LogP) is 5.86. The molecule has 30 heavy (non-hydrogen) atoms. The first-order valence-corrected chi connectivity index (χ1v) is 13.1. The van der Waals surface area contributed by atoms with Crippen molar-refractivity contribution in [2.75, 3.05) is 26.2 Å². The van der Waals surface area contributed by atoms with Crippen LogP contribution in [-0.2, 0) is 4.74 Å². The zero-order valence-corrected chi connectivity index (χ0v) is 20.0. The average Bonchev–Trinajstić information content (AvgIpc) is 3.13. The molecule has 4 aliphatic carbocycles. The van der Waals surface area contributed by atoms with E-state index in [4.69, 9.17) is 4.74 Å². The van der Waals surface area contributed by atoms with Gasteiger partial charge in [-0.05, 0) is 105 Å². The number of hydrogen-bond donors (Lipinski definition) is 1. The topological polar surface area (TPSA) is 41.6 Å². The van der Waals surface area contributed by atoms with E-state index in [2.05, 4.69) is 37.9 Å². The van der Waals surface area contributed by atoms with Crippen LogP contribution in [0.1, 0.15) is 91.9 Å². The number of carbonyl (C=O) groups excluding carboxylic acids is 1. The third-order valence-corrected chi connectivity index (χ3v) is 10.3. The highest BCUT2D eigenvalue weighted by Crippen LogP contribution is 2.66. The Morgan fingerprint density at radius 1 is 1.00 bits per heavy atom. The van der Waals surface area contributed by atoms with Crippen LogP contribution in [0.2, 0.25) is 0 Å². The molecule has 0 aromatic rings. The summed E-state index contributed by atoms with van der Waals surface area (Å²) in [5.74, 6) is 3.61. The lowest BCUT2D eigenvalue weighted by Gasteiger charge is -2.60. The van der Waals surface area contributed by atoms with Crippen molar-refractivity contribution < 1.29 is 9.53 Å². The zero-order chi connectivity index (χ0) is 21.4. The highest BCUT2D eigenvalue weighted by atomic mass is 16.6. The minimum atomic E-state index is -0.205. The minimum Gasteiger partial charge on any atom is -0.446 e. The molecular weight excluding hydrogens is 372 g/mol. The molecule has 0 aromatic carbocycles. The number of fused-ring (bicyclic) bond motifs is 5. The van der Waals surface area contributed by atoms with Crippen LogP contribution in [0.4, 0.5) is 4.79 Å². The van der Waals surface area contributed by atoms with Gasteiger partial charge in [0, 0.05) is 13.1 Å². The van der Waals surface area contributed by atoms with Crippen molar-refractivity contribution in [2.45, 2.75) is 98.0 Å². The molecule has 0 radical (unpaired) electrons. The highest BCUT2D eigenvalue weighted by molar-refractivity contribution is 5.67. The molecule has 172 valence electrons. The summed E-state index contributed by atoms with van der Waals surface area (Å²) in [6.45, 7) is 13.2. The number of hydrogen-bond acceptors (Lipinski definition) is 3. The van der Waals surface area contributed by atoms with Crippen LogP contribution >= 0.6 is 0 Å². The van der Waals surface area contributed by atoms with Gasteiger partial charge < -0.3 is 15.0 Å². The monoisotopic (exact) mass is 418 g/mol. The van der Waals surface area contributed by atoms with Gasteiger partial charge in [0.25, 0.3) is 0 Å². The summed E-state index contributed by atoms with van der Waals surface area (Å²) in [7, 11) is 0. The Hall–Kier alpha value is -0.770. The molecule has 0 aromatic heterocycles. The number of ether oxygens (including phenoxy) is 1. The molecule has 7 atom stereocenters. The summed E-state index contributed by atoms with van der Waals surface area (Å²) in [5, 5.41) is 2.98. The summed E-state index contributed by atoms with van der Waals surface area (Å²) in [4.78, 5) is 14.7. The Balaban J connectivity index is 1.30. The third kappa shape index (κ3) is 4.14. The minimum absolute atomic E-state index is 0.119. The smallest absolute Gasteiger partial charge is 0.407 e. The summed E-state index contributed by atoms with van der Waals surface area (Å²) < 4.78 is 5.89. The van der Waals surface area contributed by atoms with Crippen molar-refractivity contribution in [1.82, 2.24) is 10.2 Å². The van der Waals surface area contributed by atoms with Crippen molar-refractivity contribution in [2.24, 2.45) is 34.5 Å². The van der Waals surface area contributed by atoms with E-state index in [-0.39, 0.29) is 12.2 Å². The first-order chi connectivity index (χ1) is 14.4. The van der Waals surface area contributed by atoms with E-state index in [1.54, 1.807) is 0 Å². The highest BCUT2D eigenvalue weighted by Gasteiger charge is 2.58. The molecule has 0 aliphatic heterocycles. The van der Waals surface area contributed by atoms with Crippen molar-refractivity contribution in [3.05, 3.63) is 0 Å². The Morgan fingerprint density at radius 3 is 2.57 bits per heavy atom. The second kappa shape index (κ2) is 9.00. The molecule has 4 aliphatic rings. The maximum absolute atomic E-state index is 12.3. The number of rotatable bonds is 6. The largest absolute Gasteiger partial charge is 0.446 e. The van der Waals surface area contributed by atoms with Crippen LogP contribution in [-0.4, -0.2) is 43.3 Å². The van der Waals surface area contributed by atoms with Crippen LogP contribution in [0, 0.1) is 34.5 Å². The van der Waals surface area contributed by atoms with Gasteiger partial charge in [-0.3, -0.25) is 0 Å². The van der Waals surface area contributed by atoms with Gasteiger partial charge in [-0.2, -0.15) is 0 Å². The number of nitrogens with zero attached hydrogens (tertiary/aromatic N) is 1. The zero-order valence-electron chi connectivity index (χ0n) is 20.0. The number of alkyl carbamates (subject to hydrolysis) is 1. The van der Waals surface area contributed by atoms with E-state index >= 15 is 0 Å². The second-order valence-corrected chi connectivity index (χ2v) is 11.5. The van der Waals surface area contributed by atoms with Crippen molar-refractivity contribution in [3.8, 4) is 0 Å². The fourth-order valence-corrected chi connectivity index (χ4v) is 8.37. The maximum Gasteiger partial charge on any atom is 0.407 e. The summed E-state index contributed by atoms with van der Waals surface area (Å²) in [6, 6.07) is 0. The van der Waals surface area contributed by atoms with E-state index in [1.807, 2.05) is 0 Å². The average molecular weight is 419 g/mol. The van der Waals surface area contributed by atoms with E-state index in [1.165, 1.54) is 51.4 Å². The van der Waals surface area contributed by atoms with Gasteiger partial charge in [0.05, 0.1) is 0 Å². The van der Waals surface area contributed by atoms with Crippen LogP contribution in [0.5, 0.6) is 0 Å².